The first kappa shape index (κ1) is 16.1. The second-order valence-electron chi connectivity index (χ2n) is 7.57. The van der Waals surface area contributed by atoms with Gasteiger partial charge in [0.25, 0.3) is 0 Å². The van der Waals surface area contributed by atoms with Crippen LogP contribution in [0.15, 0.2) is 0 Å². The van der Waals surface area contributed by atoms with Gasteiger partial charge in [-0.3, -0.25) is 4.79 Å². The average molecular weight is 296 g/mol. The number of rotatable bonds is 5. The highest BCUT2D eigenvalue weighted by molar-refractivity contribution is 5.78. The second-order valence-corrected chi connectivity index (χ2v) is 7.57. The number of carboxylic acid groups (broad SMARTS) is 1. The first-order valence-corrected chi connectivity index (χ1v) is 8.05. The summed E-state index contributed by atoms with van der Waals surface area (Å²) in [5, 5.41) is 15.3. The molecule has 2 saturated carbocycles. The third kappa shape index (κ3) is 3.89. The Bertz CT molecular complexity index is 408. The Hall–Kier alpha value is -1.26. The normalized spacial score (nSPS) is 29.8. The zero-order chi connectivity index (χ0) is 15.7. The summed E-state index contributed by atoms with van der Waals surface area (Å²) >= 11 is 0. The summed E-state index contributed by atoms with van der Waals surface area (Å²) in [4.78, 5) is 23.7. The molecular formula is C16H28N2O3. The minimum Gasteiger partial charge on any atom is -0.481 e. The average Bonchev–Trinajstić information content (AvgIpc) is 3.22. The molecule has 0 aromatic rings. The predicted molar refractivity (Wildman–Crippen MR) is 81.0 cm³/mol. The lowest BCUT2D eigenvalue weighted by molar-refractivity contribution is -0.151. The van der Waals surface area contributed by atoms with Crippen LogP contribution in [0.4, 0.5) is 4.79 Å². The van der Waals surface area contributed by atoms with Crippen molar-refractivity contribution in [2.45, 2.75) is 64.8 Å². The quantitative estimate of drug-likeness (QED) is 0.730. The SMILES string of the molecule is CC1CCC(CNC(=O)NC(C)(C)C2CC2)(C(=O)O)CC1. The first-order valence-electron chi connectivity index (χ1n) is 8.05. The lowest BCUT2D eigenvalue weighted by Crippen LogP contribution is -2.53. The number of carbonyl (C=O) groups excluding carboxylic acids is 1. The first-order chi connectivity index (χ1) is 9.75. The van der Waals surface area contributed by atoms with Gasteiger partial charge in [0.1, 0.15) is 0 Å². The minimum absolute atomic E-state index is 0.207. The van der Waals surface area contributed by atoms with Gasteiger partial charge in [0.2, 0.25) is 0 Å². The lowest BCUT2D eigenvalue weighted by Gasteiger charge is -2.36. The molecule has 0 aromatic carbocycles. The molecular weight excluding hydrogens is 268 g/mol. The highest BCUT2D eigenvalue weighted by Gasteiger charge is 2.42. The maximum atomic E-state index is 12.0. The molecule has 2 fully saturated rings. The zero-order valence-electron chi connectivity index (χ0n) is 13.4. The molecule has 0 aliphatic heterocycles. The lowest BCUT2D eigenvalue weighted by atomic mass is 9.71. The molecule has 120 valence electrons. The standard InChI is InChI=1S/C16H28N2O3/c1-11-6-8-16(9-7-11,13(19)20)10-17-14(21)18-15(2,3)12-4-5-12/h11-12H,4-10H2,1-3H3,(H,19,20)(H2,17,18,21). The molecule has 3 N–H and O–H groups in total. The van der Waals surface area contributed by atoms with Crippen LogP contribution in [0.1, 0.15) is 59.3 Å². The number of hydrogen-bond donors (Lipinski definition) is 3. The Morgan fingerprint density at radius 3 is 2.24 bits per heavy atom. The highest BCUT2D eigenvalue weighted by Crippen LogP contribution is 2.40. The number of carbonyl (C=O) groups is 2. The number of hydrogen-bond acceptors (Lipinski definition) is 2. The Morgan fingerprint density at radius 2 is 1.76 bits per heavy atom. The number of nitrogens with one attached hydrogen (secondary N) is 2. The van der Waals surface area contributed by atoms with Crippen molar-refractivity contribution in [3.8, 4) is 0 Å². The summed E-state index contributed by atoms with van der Waals surface area (Å²) in [7, 11) is 0. The van der Waals surface area contributed by atoms with E-state index in [0.717, 1.165) is 25.7 Å². The van der Waals surface area contributed by atoms with Crippen LogP contribution in [-0.4, -0.2) is 29.2 Å². The molecule has 21 heavy (non-hydrogen) atoms. The van der Waals surface area contributed by atoms with Gasteiger partial charge in [-0.2, -0.15) is 0 Å². The van der Waals surface area contributed by atoms with Gasteiger partial charge < -0.3 is 15.7 Å². The van der Waals surface area contributed by atoms with Crippen molar-refractivity contribution in [1.82, 2.24) is 10.6 Å². The molecule has 0 unspecified atom stereocenters. The maximum absolute atomic E-state index is 12.0. The van der Waals surface area contributed by atoms with Crippen molar-refractivity contribution >= 4 is 12.0 Å². The van der Waals surface area contributed by atoms with E-state index in [1.54, 1.807) is 0 Å². The molecule has 0 spiro atoms. The molecule has 2 amide bonds. The van der Waals surface area contributed by atoms with Crippen LogP contribution in [0.25, 0.3) is 0 Å². The van der Waals surface area contributed by atoms with Crippen molar-refractivity contribution in [1.29, 1.82) is 0 Å². The molecule has 0 saturated heterocycles. The van der Waals surface area contributed by atoms with Crippen molar-refractivity contribution in [2.75, 3.05) is 6.54 Å². The van der Waals surface area contributed by atoms with E-state index in [-0.39, 0.29) is 18.1 Å². The summed E-state index contributed by atoms with van der Waals surface area (Å²) in [5.74, 6) is 0.350. The van der Waals surface area contributed by atoms with Crippen molar-refractivity contribution < 1.29 is 14.7 Å². The summed E-state index contributed by atoms with van der Waals surface area (Å²) in [6, 6.07) is -0.244. The maximum Gasteiger partial charge on any atom is 0.315 e. The molecule has 0 aromatic heterocycles. The van der Waals surface area contributed by atoms with E-state index in [9.17, 15) is 14.7 Å². The van der Waals surface area contributed by atoms with E-state index in [2.05, 4.69) is 17.6 Å². The zero-order valence-corrected chi connectivity index (χ0v) is 13.4. The molecule has 0 radical (unpaired) electrons. The number of urea groups is 1. The van der Waals surface area contributed by atoms with Crippen LogP contribution >= 0.6 is 0 Å². The van der Waals surface area contributed by atoms with Crippen LogP contribution < -0.4 is 10.6 Å². The van der Waals surface area contributed by atoms with E-state index in [4.69, 9.17) is 0 Å². The van der Waals surface area contributed by atoms with Crippen LogP contribution in [0, 0.1) is 17.3 Å². The van der Waals surface area contributed by atoms with Gasteiger partial charge in [0.05, 0.1) is 5.41 Å². The predicted octanol–water partition coefficient (Wildman–Crippen LogP) is 2.76. The van der Waals surface area contributed by atoms with Crippen LogP contribution in [0.3, 0.4) is 0 Å². The molecule has 2 rings (SSSR count). The number of carboxylic acids is 1. The molecule has 5 nitrogen and oxygen atoms in total. The summed E-state index contributed by atoms with van der Waals surface area (Å²) < 4.78 is 0. The number of aliphatic carboxylic acids is 1. The fourth-order valence-electron chi connectivity index (χ4n) is 3.27. The monoisotopic (exact) mass is 296 g/mol. The van der Waals surface area contributed by atoms with E-state index in [1.165, 1.54) is 0 Å². The van der Waals surface area contributed by atoms with Gasteiger partial charge >= 0.3 is 12.0 Å². The van der Waals surface area contributed by atoms with Gasteiger partial charge in [0, 0.05) is 12.1 Å². The number of amides is 2. The molecule has 5 heteroatoms. The highest BCUT2D eigenvalue weighted by atomic mass is 16.4. The molecule has 0 heterocycles. The van der Waals surface area contributed by atoms with E-state index >= 15 is 0 Å². The summed E-state index contributed by atoms with van der Waals surface area (Å²) in [5.41, 5.74) is -0.991. The fraction of sp³-hybridized carbons (Fsp3) is 0.875. The Kier molecular flexibility index (Phi) is 4.49. The Labute approximate surface area is 126 Å². The van der Waals surface area contributed by atoms with Crippen molar-refractivity contribution in [3.63, 3.8) is 0 Å². The fourth-order valence-corrected chi connectivity index (χ4v) is 3.27. The Balaban J connectivity index is 1.87. The van der Waals surface area contributed by atoms with Crippen LogP contribution in [0.5, 0.6) is 0 Å². The van der Waals surface area contributed by atoms with Crippen LogP contribution in [-0.2, 0) is 4.79 Å². The van der Waals surface area contributed by atoms with Gasteiger partial charge in [-0.15, -0.1) is 0 Å². The van der Waals surface area contributed by atoms with E-state index in [0.29, 0.717) is 24.7 Å². The third-order valence-electron chi connectivity index (χ3n) is 5.31. The van der Waals surface area contributed by atoms with Gasteiger partial charge in [-0.25, -0.2) is 4.79 Å². The second kappa shape index (κ2) is 5.85. The summed E-state index contributed by atoms with van der Waals surface area (Å²) in [6.45, 7) is 6.44. The minimum atomic E-state index is -0.784. The van der Waals surface area contributed by atoms with Crippen LogP contribution in [0.2, 0.25) is 0 Å². The smallest absolute Gasteiger partial charge is 0.315 e. The van der Waals surface area contributed by atoms with E-state index in [1.807, 2.05) is 13.8 Å². The molecule has 0 bridgehead atoms. The van der Waals surface area contributed by atoms with Gasteiger partial charge in [-0.1, -0.05) is 6.92 Å². The molecule has 2 aliphatic rings. The summed E-state index contributed by atoms with van der Waals surface area (Å²) in [6.07, 6.45) is 5.45. The van der Waals surface area contributed by atoms with Crippen molar-refractivity contribution in [3.05, 3.63) is 0 Å². The third-order valence-corrected chi connectivity index (χ3v) is 5.31. The Morgan fingerprint density at radius 1 is 1.19 bits per heavy atom. The molecule has 2 aliphatic carbocycles. The van der Waals surface area contributed by atoms with Crippen molar-refractivity contribution in [2.24, 2.45) is 17.3 Å². The van der Waals surface area contributed by atoms with E-state index < -0.39 is 11.4 Å². The van der Waals surface area contributed by atoms with Gasteiger partial charge in [0.15, 0.2) is 0 Å². The topological polar surface area (TPSA) is 78.4 Å². The largest absolute Gasteiger partial charge is 0.481 e. The molecule has 0 atom stereocenters. The van der Waals surface area contributed by atoms with Gasteiger partial charge in [-0.05, 0) is 64.2 Å².